The number of hydrogen-bond donors (Lipinski definition) is 0. The molecule has 7 rings (SSSR count). The SMILES string of the molecule is CC=N/C(=C\Cc1ccncc1)c1cccc2c(-c3c4ccccc4c(-c4ccc(C)cc4)c4ccccc34)cccc12. The molecule has 0 aliphatic carbocycles. The number of nitrogens with zero attached hydrogens (tertiary/aromatic N) is 2. The van der Waals surface area contributed by atoms with E-state index in [0.717, 1.165) is 17.7 Å². The van der Waals surface area contributed by atoms with Gasteiger partial charge >= 0.3 is 0 Å². The van der Waals surface area contributed by atoms with E-state index in [2.05, 4.69) is 139 Å². The lowest BCUT2D eigenvalue weighted by Gasteiger charge is -2.19. The molecule has 0 aliphatic heterocycles. The fourth-order valence-corrected chi connectivity index (χ4v) is 6.31. The van der Waals surface area contributed by atoms with Crippen molar-refractivity contribution in [3.63, 3.8) is 0 Å². The van der Waals surface area contributed by atoms with Crippen LogP contribution in [0.3, 0.4) is 0 Å². The van der Waals surface area contributed by atoms with E-state index in [-0.39, 0.29) is 0 Å². The van der Waals surface area contributed by atoms with Gasteiger partial charge in [0.25, 0.3) is 0 Å². The van der Waals surface area contributed by atoms with Crippen molar-refractivity contribution >= 4 is 44.2 Å². The molecule has 0 amide bonds. The fourth-order valence-electron chi connectivity index (χ4n) is 6.31. The molecule has 0 bridgehead atoms. The van der Waals surface area contributed by atoms with Crippen LogP contribution in [0.1, 0.15) is 23.6 Å². The summed E-state index contributed by atoms with van der Waals surface area (Å²) in [4.78, 5) is 9.00. The van der Waals surface area contributed by atoms with Crippen molar-refractivity contribution in [1.82, 2.24) is 4.98 Å². The molecule has 0 N–H and O–H groups in total. The molecule has 0 saturated carbocycles. The first kappa shape index (κ1) is 26.6. The molecule has 0 aliphatic rings. The molecule has 2 nitrogen and oxygen atoms in total. The monoisotopic (exact) mass is 552 g/mol. The average molecular weight is 553 g/mol. The molecule has 2 heteroatoms. The van der Waals surface area contributed by atoms with Crippen LogP contribution in [-0.2, 0) is 6.42 Å². The molecule has 0 unspecified atom stereocenters. The maximum Gasteiger partial charge on any atom is 0.0667 e. The number of allylic oxidation sites excluding steroid dienone is 1. The quantitative estimate of drug-likeness (QED) is 0.149. The number of rotatable bonds is 6. The van der Waals surface area contributed by atoms with Gasteiger partial charge in [-0.25, -0.2) is 0 Å². The van der Waals surface area contributed by atoms with Gasteiger partial charge in [0.1, 0.15) is 0 Å². The topological polar surface area (TPSA) is 25.2 Å². The Morgan fingerprint density at radius 1 is 0.605 bits per heavy atom. The summed E-state index contributed by atoms with van der Waals surface area (Å²) >= 11 is 0. The Kier molecular flexibility index (Phi) is 7.10. The van der Waals surface area contributed by atoms with Crippen LogP contribution in [0, 0.1) is 6.92 Å². The highest BCUT2D eigenvalue weighted by molar-refractivity contribution is 6.23. The molecule has 0 fully saturated rings. The molecule has 6 aromatic carbocycles. The number of pyridine rings is 1. The van der Waals surface area contributed by atoms with Gasteiger partial charge in [-0.05, 0) is 92.5 Å². The second-order valence-corrected chi connectivity index (χ2v) is 10.9. The van der Waals surface area contributed by atoms with Crippen LogP contribution < -0.4 is 0 Å². The summed E-state index contributed by atoms with van der Waals surface area (Å²) in [7, 11) is 0. The Hall–Kier alpha value is -5.34. The minimum Gasteiger partial charge on any atom is -0.265 e. The predicted molar refractivity (Wildman–Crippen MR) is 185 cm³/mol. The van der Waals surface area contributed by atoms with Gasteiger partial charge in [-0.15, -0.1) is 0 Å². The Balaban J connectivity index is 1.49. The molecule has 43 heavy (non-hydrogen) atoms. The molecule has 0 radical (unpaired) electrons. The smallest absolute Gasteiger partial charge is 0.0667 e. The van der Waals surface area contributed by atoms with Crippen LogP contribution in [-0.4, -0.2) is 11.2 Å². The third-order valence-corrected chi connectivity index (χ3v) is 8.29. The lowest BCUT2D eigenvalue weighted by Crippen LogP contribution is -1.93. The summed E-state index contributed by atoms with van der Waals surface area (Å²) in [5, 5.41) is 7.47. The lowest BCUT2D eigenvalue weighted by atomic mass is 9.84. The summed E-state index contributed by atoms with van der Waals surface area (Å²) in [6.07, 6.45) is 8.58. The Morgan fingerprint density at radius 2 is 1.19 bits per heavy atom. The summed E-state index contributed by atoms with van der Waals surface area (Å²) in [6.45, 7) is 4.12. The molecular formula is C41H32N2. The Morgan fingerprint density at radius 3 is 1.84 bits per heavy atom. The highest BCUT2D eigenvalue weighted by Crippen LogP contribution is 2.45. The zero-order chi connectivity index (χ0) is 29.2. The van der Waals surface area contributed by atoms with E-state index in [1.807, 2.05) is 25.5 Å². The molecule has 0 saturated heterocycles. The molecule has 206 valence electrons. The van der Waals surface area contributed by atoms with Crippen molar-refractivity contribution in [2.45, 2.75) is 20.3 Å². The van der Waals surface area contributed by atoms with Gasteiger partial charge in [0.05, 0.1) is 5.70 Å². The molecule has 1 heterocycles. The van der Waals surface area contributed by atoms with Crippen LogP contribution in [0.25, 0.3) is 60.3 Å². The lowest BCUT2D eigenvalue weighted by molar-refractivity contribution is 1.21. The summed E-state index contributed by atoms with van der Waals surface area (Å²) in [6, 6.07) is 44.0. The largest absolute Gasteiger partial charge is 0.265 e. The second-order valence-electron chi connectivity index (χ2n) is 10.9. The number of aliphatic imine (C=N–C) groups is 1. The van der Waals surface area contributed by atoms with Crippen molar-refractivity contribution in [3.05, 3.63) is 156 Å². The zero-order valence-corrected chi connectivity index (χ0v) is 24.5. The minimum absolute atomic E-state index is 0.793. The van der Waals surface area contributed by atoms with Crippen LogP contribution in [0.4, 0.5) is 0 Å². The van der Waals surface area contributed by atoms with Crippen LogP contribution in [0.5, 0.6) is 0 Å². The maximum atomic E-state index is 4.83. The van der Waals surface area contributed by atoms with E-state index in [1.54, 1.807) is 0 Å². The number of fused-ring (bicyclic) bond motifs is 3. The van der Waals surface area contributed by atoms with Crippen LogP contribution >= 0.6 is 0 Å². The van der Waals surface area contributed by atoms with Gasteiger partial charge in [0.15, 0.2) is 0 Å². The van der Waals surface area contributed by atoms with Crippen molar-refractivity contribution in [3.8, 4) is 22.3 Å². The zero-order valence-electron chi connectivity index (χ0n) is 24.5. The van der Waals surface area contributed by atoms with E-state index in [9.17, 15) is 0 Å². The van der Waals surface area contributed by atoms with Crippen molar-refractivity contribution in [2.75, 3.05) is 0 Å². The molecule has 0 atom stereocenters. The Labute approximate surface area is 252 Å². The minimum atomic E-state index is 0.793. The summed E-state index contributed by atoms with van der Waals surface area (Å²) in [5.74, 6) is 0. The third kappa shape index (κ3) is 4.91. The first-order valence-corrected chi connectivity index (χ1v) is 14.8. The van der Waals surface area contributed by atoms with Crippen molar-refractivity contribution < 1.29 is 0 Å². The van der Waals surface area contributed by atoms with Crippen LogP contribution in [0.15, 0.2) is 145 Å². The number of benzene rings is 6. The van der Waals surface area contributed by atoms with E-state index >= 15 is 0 Å². The van der Waals surface area contributed by atoms with Crippen molar-refractivity contribution in [2.24, 2.45) is 4.99 Å². The van der Waals surface area contributed by atoms with Crippen LogP contribution in [0.2, 0.25) is 0 Å². The molecule has 7 aromatic rings. The summed E-state index contributed by atoms with van der Waals surface area (Å²) in [5.41, 5.74) is 9.62. The molecule has 0 spiro atoms. The first-order valence-electron chi connectivity index (χ1n) is 14.8. The fraction of sp³-hybridized carbons (Fsp3) is 0.0732. The van der Waals surface area contributed by atoms with E-state index < -0.39 is 0 Å². The highest BCUT2D eigenvalue weighted by atomic mass is 14.7. The second kappa shape index (κ2) is 11.5. The van der Waals surface area contributed by atoms with Gasteiger partial charge < -0.3 is 0 Å². The predicted octanol–water partition coefficient (Wildman–Crippen LogP) is 10.9. The number of hydrogen-bond acceptors (Lipinski definition) is 2. The number of aryl methyl sites for hydroxylation is 1. The molecular weight excluding hydrogens is 520 g/mol. The van der Waals surface area contributed by atoms with Crippen molar-refractivity contribution in [1.29, 1.82) is 0 Å². The van der Waals surface area contributed by atoms with E-state index in [4.69, 9.17) is 4.99 Å². The highest BCUT2D eigenvalue weighted by Gasteiger charge is 2.18. The van der Waals surface area contributed by atoms with E-state index in [1.165, 1.54) is 65.7 Å². The van der Waals surface area contributed by atoms with Gasteiger partial charge in [-0.1, -0.05) is 121 Å². The Bertz CT molecular complexity index is 2100. The van der Waals surface area contributed by atoms with Gasteiger partial charge in [0, 0.05) is 24.2 Å². The standard InChI is InChI=1S/C41H32N2/c1-3-43-39(23-20-29-24-26-42-27-25-29)33-16-8-15-32-31(33)14-9-17-34(32)41-37-12-6-4-10-35(37)40(30-21-18-28(2)19-22-30)36-11-5-7-13-38(36)41/h3-19,21-27H,20H2,1-2H3/b39-23-,43-3?. The first-order chi connectivity index (χ1) is 21.2. The average Bonchev–Trinajstić information content (AvgIpc) is 3.06. The van der Waals surface area contributed by atoms with Gasteiger partial charge in [-0.3, -0.25) is 9.98 Å². The number of aromatic nitrogens is 1. The molecule has 1 aromatic heterocycles. The van der Waals surface area contributed by atoms with E-state index in [0.29, 0.717) is 0 Å². The normalized spacial score (nSPS) is 12.1. The summed E-state index contributed by atoms with van der Waals surface area (Å²) < 4.78 is 0. The third-order valence-electron chi connectivity index (χ3n) is 8.29. The van der Waals surface area contributed by atoms with Gasteiger partial charge in [-0.2, -0.15) is 0 Å². The van der Waals surface area contributed by atoms with Gasteiger partial charge in [0.2, 0.25) is 0 Å². The maximum absolute atomic E-state index is 4.83.